The van der Waals surface area contributed by atoms with Crippen molar-refractivity contribution in [3.63, 3.8) is 0 Å². The lowest BCUT2D eigenvalue weighted by Gasteiger charge is -2.13. The third-order valence-electron chi connectivity index (χ3n) is 10.0. The highest BCUT2D eigenvalue weighted by Gasteiger charge is 2.21. The number of furan rings is 2. The summed E-state index contributed by atoms with van der Waals surface area (Å²) in [6, 6.07) is 53.4. The number of nitrogens with zero attached hydrogens (tertiary/aromatic N) is 1. The molecule has 0 radical (unpaired) electrons. The first-order valence-electron chi connectivity index (χ1n) is 16.3. The minimum atomic E-state index is 0.888. The van der Waals surface area contributed by atoms with Crippen LogP contribution in [-0.2, 0) is 0 Å². The Bertz CT molecular complexity index is 3110. The predicted octanol–water partition coefficient (Wildman–Crippen LogP) is 12.8. The van der Waals surface area contributed by atoms with Crippen LogP contribution in [0.1, 0.15) is 0 Å². The second-order valence-corrected chi connectivity index (χ2v) is 12.6. The van der Waals surface area contributed by atoms with Gasteiger partial charge in [0.2, 0.25) is 0 Å². The summed E-state index contributed by atoms with van der Waals surface area (Å²) in [5, 5.41) is 12.5. The molecular weight excluding hydrogens is 587 g/mol. The fourth-order valence-electron chi connectivity index (χ4n) is 7.86. The van der Waals surface area contributed by atoms with E-state index in [0.29, 0.717) is 0 Å². The van der Waals surface area contributed by atoms with Gasteiger partial charge in [-0.3, -0.25) is 0 Å². The molecule has 0 spiro atoms. The minimum absolute atomic E-state index is 0.888. The summed E-state index contributed by atoms with van der Waals surface area (Å²) >= 11 is 0. The molecule has 0 fully saturated rings. The highest BCUT2D eigenvalue weighted by Crippen LogP contribution is 2.45. The summed E-state index contributed by atoms with van der Waals surface area (Å²) in [6.07, 6.45) is 0. The van der Waals surface area contributed by atoms with E-state index in [2.05, 4.69) is 133 Å². The number of fused-ring (bicyclic) bond motifs is 14. The van der Waals surface area contributed by atoms with Gasteiger partial charge >= 0.3 is 0 Å². The van der Waals surface area contributed by atoms with Crippen LogP contribution in [0.3, 0.4) is 0 Å². The summed E-state index contributed by atoms with van der Waals surface area (Å²) < 4.78 is 13.4. The van der Waals surface area contributed by atoms with Crippen molar-refractivity contribution in [3.05, 3.63) is 152 Å². The minimum Gasteiger partial charge on any atom is -0.455 e. The number of aromatic nitrogens is 1. The van der Waals surface area contributed by atoms with Crippen molar-refractivity contribution in [2.24, 2.45) is 0 Å². The quantitative estimate of drug-likeness (QED) is 0.183. The molecule has 0 bridgehead atoms. The molecule has 11 aromatic rings. The number of hydrogen-bond donors (Lipinski definition) is 0. The van der Waals surface area contributed by atoms with E-state index in [1.165, 1.54) is 21.5 Å². The molecule has 8 aromatic carbocycles. The normalized spacial score (nSPS) is 12.2. The Morgan fingerprint density at radius 3 is 1.94 bits per heavy atom. The van der Waals surface area contributed by atoms with Gasteiger partial charge < -0.3 is 8.83 Å². The standard InChI is InChI=1S/C45H25NO2/c1-2-11-27(12-3-1)43-35-22-21-33-32-16-8-9-17-38(32)47-44(33)40(35)34-20-18-29(25-37(34)46-43)36-24-28-13-5-7-15-31(28)42-41-30-14-6-4-10-26(30)19-23-39(41)48-45(36)42/h1-25H. The van der Waals surface area contributed by atoms with Gasteiger partial charge in [-0.05, 0) is 57.4 Å². The second kappa shape index (κ2) is 9.54. The number of benzene rings is 8. The van der Waals surface area contributed by atoms with Gasteiger partial charge in [-0.2, -0.15) is 0 Å². The van der Waals surface area contributed by atoms with Crippen molar-refractivity contribution in [1.29, 1.82) is 0 Å². The van der Waals surface area contributed by atoms with Crippen LogP contribution in [-0.4, -0.2) is 4.98 Å². The average molecular weight is 612 g/mol. The summed E-state index contributed by atoms with van der Waals surface area (Å²) in [5.41, 5.74) is 8.60. The Morgan fingerprint density at radius 1 is 0.375 bits per heavy atom. The van der Waals surface area contributed by atoms with E-state index in [-0.39, 0.29) is 0 Å². The predicted molar refractivity (Wildman–Crippen MR) is 200 cm³/mol. The summed E-state index contributed by atoms with van der Waals surface area (Å²) in [5.74, 6) is 0. The van der Waals surface area contributed by atoms with Crippen molar-refractivity contribution < 1.29 is 8.83 Å². The molecule has 3 aromatic heterocycles. The maximum absolute atomic E-state index is 6.79. The monoisotopic (exact) mass is 611 g/mol. The first kappa shape index (κ1) is 25.7. The molecule has 3 nitrogen and oxygen atoms in total. The molecule has 0 N–H and O–H groups in total. The maximum atomic E-state index is 6.79. The van der Waals surface area contributed by atoms with Crippen LogP contribution >= 0.6 is 0 Å². The van der Waals surface area contributed by atoms with Gasteiger partial charge in [0.25, 0.3) is 0 Å². The molecule has 0 aliphatic heterocycles. The van der Waals surface area contributed by atoms with Gasteiger partial charge in [0, 0.05) is 48.8 Å². The van der Waals surface area contributed by atoms with Gasteiger partial charge in [0.05, 0.1) is 11.2 Å². The maximum Gasteiger partial charge on any atom is 0.144 e. The van der Waals surface area contributed by atoms with E-state index in [0.717, 1.165) is 87.9 Å². The Balaban J connectivity index is 1.26. The fourth-order valence-corrected chi connectivity index (χ4v) is 7.86. The lowest BCUT2D eigenvalue weighted by Crippen LogP contribution is -1.91. The van der Waals surface area contributed by atoms with Crippen LogP contribution < -0.4 is 0 Å². The molecule has 0 atom stereocenters. The van der Waals surface area contributed by atoms with Crippen LogP contribution in [0.25, 0.3) is 109 Å². The molecule has 11 rings (SSSR count). The van der Waals surface area contributed by atoms with E-state index in [4.69, 9.17) is 13.8 Å². The zero-order chi connectivity index (χ0) is 31.3. The highest BCUT2D eigenvalue weighted by molar-refractivity contribution is 6.29. The molecule has 0 saturated carbocycles. The summed E-state index contributed by atoms with van der Waals surface area (Å²) in [4.78, 5) is 5.37. The Kier molecular flexibility index (Phi) is 5.11. The molecule has 0 aliphatic rings. The zero-order valence-corrected chi connectivity index (χ0v) is 25.7. The second-order valence-electron chi connectivity index (χ2n) is 12.6. The SMILES string of the molecule is c1ccc(-c2nc3cc(-c4cc5ccccc5c5c4oc4ccc6ccccc6c45)ccc3c3c2ccc2c4ccccc4oc23)cc1. The van der Waals surface area contributed by atoms with E-state index in [9.17, 15) is 0 Å². The zero-order valence-electron chi connectivity index (χ0n) is 25.7. The van der Waals surface area contributed by atoms with Crippen molar-refractivity contribution in [2.75, 3.05) is 0 Å². The molecule has 0 amide bonds. The van der Waals surface area contributed by atoms with Crippen molar-refractivity contribution in [3.8, 4) is 22.4 Å². The fraction of sp³-hybridized carbons (Fsp3) is 0. The van der Waals surface area contributed by atoms with Gasteiger partial charge in [0.15, 0.2) is 0 Å². The largest absolute Gasteiger partial charge is 0.455 e. The molecule has 3 heterocycles. The summed E-state index contributed by atoms with van der Waals surface area (Å²) in [6.45, 7) is 0. The number of rotatable bonds is 2. The van der Waals surface area contributed by atoms with Crippen molar-refractivity contribution in [2.45, 2.75) is 0 Å². The van der Waals surface area contributed by atoms with E-state index in [1.807, 2.05) is 18.2 Å². The lowest BCUT2D eigenvalue weighted by molar-refractivity contribution is 0.670. The first-order chi connectivity index (χ1) is 23.8. The van der Waals surface area contributed by atoms with Crippen LogP contribution in [0, 0.1) is 0 Å². The first-order valence-corrected chi connectivity index (χ1v) is 16.3. The van der Waals surface area contributed by atoms with E-state index < -0.39 is 0 Å². The van der Waals surface area contributed by atoms with Gasteiger partial charge in [-0.15, -0.1) is 0 Å². The molecule has 0 saturated heterocycles. The molecular formula is C45H25NO2. The topological polar surface area (TPSA) is 39.2 Å². The van der Waals surface area contributed by atoms with Crippen LogP contribution in [0.2, 0.25) is 0 Å². The number of pyridine rings is 1. The van der Waals surface area contributed by atoms with E-state index in [1.54, 1.807) is 0 Å². The van der Waals surface area contributed by atoms with Crippen LogP contribution in [0.5, 0.6) is 0 Å². The molecule has 0 unspecified atom stereocenters. The Hall–Kier alpha value is -6.45. The number of para-hydroxylation sites is 1. The summed E-state index contributed by atoms with van der Waals surface area (Å²) in [7, 11) is 0. The Labute approximate surface area is 274 Å². The lowest BCUT2D eigenvalue weighted by atomic mass is 9.93. The Morgan fingerprint density at radius 2 is 1.06 bits per heavy atom. The van der Waals surface area contributed by atoms with Crippen LogP contribution in [0.15, 0.2) is 160 Å². The molecule has 222 valence electrons. The van der Waals surface area contributed by atoms with Gasteiger partial charge in [-0.25, -0.2) is 4.98 Å². The number of hydrogen-bond acceptors (Lipinski definition) is 3. The van der Waals surface area contributed by atoms with E-state index >= 15 is 0 Å². The third-order valence-corrected chi connectivity index (χ3v) is 10.0. The van der Waals surface area contributed by atoms with Crippen LogP contribution in [0.4, 0.5) is 0 Å². The molecule has 48 heavy (non-hydrogen) atoms. The molecule has 0 aliphatic carbocycles. The van der Waals surface area contributed by atoms with Crippen molar-refractivity contribution in [1.82, 2.24) is 4.98 Å². The average Bonchev–Trinajstić information content (AvgIpc) is 3.74. The smallest absolute Gasteiger partial charge is 0.144 e. The van der Waals surface area contributed by atoms with Gasteiger partial charge in [-0.1, -0.05) is 121 Å². The molecule has 3 heteroatoms. The van der Waals surface area contributed by atoms with Crippen molar-refractivity contribution >= 4 is 87.1 Å². The van der Waals surface area contributed by atoms with Gasteiger partial charge in [0.1, 0.15) is 22.3 Å². The highest BCUT2D eigenvalue weighted by atomic mass is 16.3. The third kappa shape index (κ3) is 3.50.